The summed E-state index contributed by atoms with van der Waals surface area (Å²) in [7, 11) is 1.56. The Balaban J connectivity index is 2.65. The molecule has 0 aliphatic heterocycles. The maximum atomic E-state index is 12.0. The minimum Gasteiger partial charge on any atom is -0.481 e. The summed E-state index contributed by atoms with van der Waals surface area (Å²) < 4.78 is 5.00. The van der Waals surface area contributed by atoms with E-state index in [0.717, 1.165) is 0 Å². The molecule has 0 radical (unpaired) electrons. The molecule has 1 rings (SSSR count). The summed E-state index contributed by atoms with van der Waals surface area (Å²) in [5, 5.41) is 11.8. The summed E-state index contributed by atoms with van der Waals surface area (Å²) in [6.45, 7) is 7.70. The van der Waals surface area contributed by atoms with Gasteiger partial charge in [0.2, 0.25) is 5.91 Å². The quantitative estimate of drug-likeness (QED) is 0.751. The van der Waals surface area contributed by atoms with Gasteiger partial charge >= 0.3 is 5.97 Å². The first-order chi connectivity index (χ1) is 7.63. The number of carboxylic acid groups (broad SMARTS) is 1. The van der Waals surface area contributed by atoms with Crippen LogP contribution < -0.4 is 5.32 Å². The van der Waals surface area contributed by atoms with Gasteiger partial charge in [-0.3, -0.25) is 9.59 Å². The van der Waals surface area contributed by atoms with Crippen LogP contribution in [0.2, 0.25) is 0 Å². The van der Waals surface area contributed by atoms with Crippen molar-refractivity contribution in [3.8, 4) is 0 Å². The molecule has 1 amide bonds. The Labute approximate surface area is 102 Å². The fourth-order valence-corrected chi connectivity index (χ4v) is 2.40. The highest BCUT2D eigenvalue weighted by Gasteiger charge is 2.66. The first kappa shape index (κ1) is 14.0. The van der Waals surface area contributed by atoms with Crippen LogP contribution in [0.3, 0.4) is 0 Å². The zero-order valence-electron chi connectivity index (χ0n) is 11.0. The molecule has 0 aromatic rings. The Bertz CT molecular complexity index is 335. The lowest BCUT2D eigenvalue weighted by Crippen LogP contribution is -2.48. The molecular weight excluding hydrogens is 222 g/mol. The van der Waals surface area contributed by atoms with Gasteiger partial charge in [-0.25, -0.2) is 0 Å². The van der Waals surface area contributed by atoms with Crippen LogP contribution in [0, 0.1) is 17.3 Å². The predicted molar refractivity (Wildman–Crippen MR) is 62.5 cm³/mol. The maximum Gasteiger partial charge on any atom is 0.307 e. The number of carbonyl (C=O) groups is 2. The zero-order chi connectivity index (χ0) is 13.4. The predicted octanol–water partition coefficient (Wildman–Crippen LogP) is 0.884. The molecule has 0 bridgehead atoms. The van der Waals surface area contributed by atoms with Crippen molar-refractivity contribution in [1.82, 2.24) is 5.32 Å². The summed E-state index contributed by atoms with van der Waals surface area (Å²) in [6.07, 6.45) is 0. The number of nitrogens with one attached hydrogen (secondary N) is 1. The SMILES string of the molecule is COCC(C)(C)NC(=O)[C@H]1[C@@H](C(=O)O)C1(C)C. The van der Waals surface area contributed by atoms with Gasteiger partial charge in [0.1, 0.15) is 0 Å². The van der Waals surface area contributed by atoms with Crippen LogP contribution in [-0.2, 0) is 14.3 Å². The second kappa shape index (κ2) is 4.29. The lowest BCUT2D eigenvalue weighted by molar-refractivity contribution is -0.140. The molecule has 2 atom stereocenters. The van der Waals surface area contributed by atoms with Gasteiger partial charge in [-0.2, -0.15) is 0 Å². The maximum absolute atomic E-state index is 12.0. The second-order valence-electron chi connectivity index (χ2n) is 5.92. The van der Waals surface area contributed by atoms with Gasteiger partial charge in [0.05, 0.1) is 24.0 Å². The molecule has 0 spiro atoms. The van der Waals surface area contributed by atoms with Crippen molar-refractivity contribution in [2.75, 3.05) is 13.7 Å². The molecule has 5 nitrogen and oxygen atoms in total. The molecule has 1 aliphatic rings. The number of aliphatic carboxylic acids is 1. The monoisotopic (exact) mass is 243 g/mol. The van der Waals surface area contributed by atoms with Gasteiger partial charge in [-0.05, 0) is 19.3 Å². The first-order valence-corrected chi connectivity index (χ1v) is 5.67. The molecule has 0 aromatic carbocycles. The van der Waals surface area contributed by atoms with Crippen LogP contribution in [-0.4, -0.2) is 36.2 Å². The van der Waals surface area contributed by atoms with Crippen LogP contribution in [0.15, 0.2) is 0 Å². The molecule has 0 unspecified atom stereocenters. The fraction of sp³-hybridized carbons (Fsp3) is 0.833. The van der Waals surface area contributed by atoms with Gasteiger partial charge in [0.25, 0.3) is 0 Å². The molecular formula is C12H21NO4. The van der Waals surface area contributed by atoms with Crippen molar-refractivity contribution in [3.63, 3.8) is 0 Å². The molecule has 0 saturated heterocycles. The van der Waals surface area contributed by atoms with Crippen molar-refractivity contribution < 1.29 is 19.4 Å². The average Bonchev–Trinajstić information content (AvgIpc) is 2.67. The molecule has 1 fully saturated rings. The number of ether oxygens (including phenoxy) is 1. The highest BCUT2D eigenvalue weighted by atomic mass is 16.5. The molecule has 0 heterocycles. The van der Waals surface area contributed by atoms with Crippen molar-refractivity contribution >= 4 is 11.9 Å². The summed E-state index contributed by atoms with van der Waals surface area (Å²) >= 11 is 0. The number of rotatable bonds is 5. The number of amides is 1. The Morgan fingerprint density at radius 2 is 1.88 bits per heavy atom. The van der Waals surface area contributed by atoms with E-state index in [1.54, 1.807) is 21.0 Å². The highest BCUT2D eigenvalue weighted by Crippen LogP contribution is 2.58. The van der Waals surface area contributed by atoms with Gasteiger partial charge in [0, 0.05) is 7.11 Å². The van der Waals surface area contributed by atoms with E-state index >= 15 is 0 Å². The number of methoxy groups -OCH3 is 1. The van der Waals surface area contributed by atoms with E-state index < -0.39 is 28.8 Å². The standard InChI is InChI=1S/C12H21NO4/c1-11(2,6-17-5)13-9(14)7-8(10(15)16)12(7,3)4/h7-8H,6H2,1-5H3,(H,13,14)(H,15,16)/t7-,8+/m1/s1. The van der Waals surface area contributed by atoms with Gasteiger partial charge in [-0.1, -0.05) is 13.8 Å². The molecule has 0 aromatic heterocycles. The van der Waals surface area contributed by atoms with Crippen LogP contribution in [0.5, 0.6) is 0 Å². The van der Waals surface area contributed by atoms with Crippen molar-refractivity contribution in [2.45, 2.75) is 33.2 Å². The third-order valence-electron chi connectivity index (χ3n) is 3.34. The second-order valence-corrected chi connectivity index (χ2v) is 5.92. The largest absolute Gasteiger partial charge is 0.481 e. The Hall–Kier alpha value is -1.10. The number of carboxylic acids is 1. The minimum absolute atomic E-state index is 0.204. The topological polar surface area (TPSA) is 75.6 Å². The molecule has 2 N–H and O–H groups in total. The van der Waals surface area contributed by atoms with Crippen LogP contribution in [0.4, 0.5) is 0 Å². The lowest BCUT2D eigenvalue weighted by atomic mass is 10.1. The van der Waals surface area contributed by atoms with Crippen LogP contribution in [0.1, 0.15) is 27.7 Å². The molecule has 1 saturated carbocycles. The fourth-order valence-electron chi connectivity index (χ4n) is 2.40. The number of carbonyl (C=O) groups excluding carboxylic acids is 1. The van der Waals surface area contributed by atoms with E-state index in [0.29, 0.717) is 6.61 Å². The average molecular weight is 243 g/mol. The van der Waals surface area contributed by atoms with E-state index in [1.165, 1.54) is 0 Å². The smallest absolute Gasteiger partial charge is 0.307 e. The third kappa shape index (κ3) is 2.77. The summed E-state index contributed by atoms with van der Waals surface area (Å²) in [5.74, 6) is -2.14. The lowest BCUT2D eigenvalue weighted by Gasteiger charge is -2.25. The summed E-state index contributed by atoms with van der Waals surface area (Å²) in [6, 6.07) is 0. The van der Waals surface area contributed by atoms with Gasteiger partial charge < -0.3 is 15.2 Å². The normalized spacial score (nSPS) is 26.4. The summed E-state index contributed by atoms with van der Waals surface area (Å²) in [5.41, 5.74) is -0.938. The Morgan fingerprint density at radius 3 is 2.24 bits per heavy atom. The van der Waals surface area contributed by atoms with Gasteiger partial charge in [-0.15, -0.1) is 0 Å². The highest BCUT2D eigenvalue weighted by molar-refractivity contribution is 5.91. The number of hydrogen-bond acceptors (Lipinski definition) is 3. The zero-order valence-corrected chi connectivity index (χ0v) is 11.0. The van der Waals surface area contributed by atoms with E-state index in [2.05, 4.69) is 5.32 Å². The van der Waals surface area contributed by atoms with Crippen LogP contribution >= 0.6 is 0 Å². The molecule has 1 aliphatic carbocycles. The minimum atomic E-state index is -0.903. The van der Waals surface area contributed by atoms with E-state index in [-0.39, 0.29) is 5.91 Å². The van der Waals surface area contributed by atoms with Crippen LogP contribution in [0.25, 0.3) is 0 Å². The summed E-state index contributed by atoms with van der Waals surface area (Å²) in [4.78, 5) is 23.0. The van der Waals surface area contributed by atoms with Crippen molar-refractivity contribution in [1.29, 1.82) is 0 Å². The first-order valence-electron chi connectivity index (χ1n) is 5.67. The Morgan fingerprint density at radius 1 is 1.35 bits per heavy atom. The van der Waals surface area contributed by atoms with Crippen molar-refractivity contribution in [2.24, 2.45) is 17.3 Å². The van der Waals surface area contributed by atoms with E-state index in [9.17, 15) is 9.59 Å². The molecule has 5 heteroatoms. The third-order valence-corrected chi connectivity index (χ3v) is 3.34. The number of hydrogen-bond donors (Lipinski definition) is 2. The molecule has 17 heavy (non-hydrogen) atoms. The van der Waals surface area contributed by atoms with E-state index in [4.69, 9.17) is 9.84 Å². The van der Waals surface area contributed by atoms with Crippen molar-refractivity contribution in [3.05, 3.63) is 0 Å². The van der Waals surface area contributed by atoms with Gasteiger partial charge in [0.15, 0.2) is 0 Å². The van der Waals surface area contributed by atoms with E-state index in [1.807, 2.05) is 13.8 Å². The molecule has 98 valence electrons. The Kier molecular flexibility index (Phi) is 3.52.